The molecule has 0 unspecified atom stereocenters. The molecule has 1 aliphatic rings. The minimum Gasteiger partial charge on any atom is -0.341 e. The van der Waals surface area contributed by atoms with Crippen molar-refractivity contribution in [3.63, 3.8) is 0 Å². The van der Waals surface area contributed by atoms with Crippen LogP contribution in [0.5, 0.6) is 0 Å². The standard InChI is InChI=1S/C12H20N4O/c1-13-7-11-8-14-10-16(11)9-12(17)15-5-3-2-4-6-15/h8,10,13H,2-7,9H2,1H3. The van der Waals surface area contributed by atoms with Crippen LogP contribution in [0.3, 0.4) is 0 Å². The number of imidazole rings is 1. The molecule has 0 saturated carbocycles. The number of nitrogens with zero attached hydrogens (tertiary/aromatic N) is 3. The monoisotopic (exact) mass is 236 g/mol. The summed E-state index contributed by atoms with van der Waals surface area (Å²) >= 11 is 0. The maximum absolute atomic E-state index is 12.1. The highest BCUT2D eigenvalue weighted by Gasteiger charge is 2.17. The van der Waals surface area contributed by atoms with Gasteiger partial charge in [0.05, 0.1) is 12.0 Å². The van der Waals surface area contributed by atoms with Crippen molar-refractivity contribution in [2.45, 2.75) is 32.4 Å². The van der Waals surface area contributed by atoms with Crippen molar-refractivity contribution in [3.8, 4) is 0 Å². The highest BCUT2D eigenvalue weighted by atomic mass is 16.2. The molecule has 1 aromatic rings. The molecule has 2 heterocycles. The smallest absolute Gasteiger partial charge is 0.242 e. The molecule has 0 radical (unpaired) electrons. The molecular formula is C12H20N4O. The van der Waals surface area contributed by atoms with Crippen LogP contribution in [-0.2, 0) is 17.9 Å². The maximum atomic E-state index is 12.1. The number of nitrogens with one attached hydrogen (secondary N) is 1. The largest absolute Gasteiger partial charge is 0.341 e. The Bertz CT molecular complexity index is 368. The average molecular weight is 236 g/mol. The molecule has 1 amide bonds. The minimum absolute atomic E-state index is 0.208. The number of aromatic nitrogens is 2. The lowest BCUT2D eigenvalue weighted by Gasteiger charge is -2.27. The topological polar surface area (TPSA) is 50.2 Å². The Morgan fingerprint density at radius 1 is 1.41 bits per heavy atom. The van der Waals surface area contributed by atoms with Crippen molar-refractivity contribution in [2.24, 2.45) is 0 Å². The first-order valence-electron chi connectivity index (χ1n) is 6.22. The van der Waals surface area contributed by atoms with Crippen molar-refractivity contribution in [2.75, 3.05) is 20.1 Å². The third kappa shape index (κ3) is 3.06. The lowest BCUT2D eigenvalue weighted by molar-refractivity contribution is -0.132. The molecule has 1 aromatic heterocycles. The molecule has 17 heavy (non-hydrogen) atoms. The number of amides is 1. The zero-order valence-electron chi connectivity index (χ0n) is 10.4. The van der Waals surface area contributed by atoms with E-state index in [2.05, 4.69) is 10.3 Å². The van der Waals surface area contributed by atoms with Crippen LogP contribution in [0.15, 0.2) is 12.5 Å². The quantitative estimate of drug-likeness (QED) is 0.833. The molecule has 5 nitrogen and oxygen atoms in total. The van der Waals surface area contributed by atoms with E-state index in [-0.39, 0.29) is 5.91 Å². The molecular weight excluding hydrogens is 216 g/mol. The lowest BCUT2D eigenvalue weighted by Crippen LogP contribution is -2.38. The molecule has 94 valence electrons. The molecule has 5 heteroatoms. The zero-order valence-corrected chi connectivity index (χ0v) is 10.4. The van der Waals surface area contributed by atoms with E-state index in [1.807, 2.05) is 16.5 Å². The van der Waals surface area contributed by atoms with Crippen molar-refractivity contribution < 1.29 is 4.79 Å². The molecule has 1 saturated heterocycles. The van der Waals surface area contributed by atoms with Crippen LogP contribution in [0.1, 0.15) is 25.0 Å². The fraction of sp³-hybridized carbons (Fsp3) is 0.667. The highest BCUT2D eigenvalue weighted by molar-refractivity contribution is 5.76. The predicted molar refractivity (Wildman–Crippen MR) is 65.4 cm³/mol. The van der Waals surface area contributed by atoms with Crippen LogP contribution < -0.4 is 5.32 Å². The molecule has 0 bridgehead atoms. The van der Waals surface area contributed by atoms with Gasteiger partial charge >= 0.3 is 0 Å². The summed E-state index contributed by atoms with van der Waals surface area (Å²) in [5, 5.41) is 3.08. The number of carbonyl (C=O) groups excluding carboxylic acids is 1. The molecule has 0 aromatic carbocycles. The fourth-order valence-corrected chi connectivity index (χ4v) is 2.21. The van der Waals surface area contributed by atoms with Gasteiger partial charge < -0.3 is 14.8 Å². The lowest BCUT2D eigenvalue weighted by atomic mass is 10.1. The van der Waals surface area contributed by atoms with Crippen LogP contribution in [-0.4, -0.2) is 40.5 Å². The van der Waals surface area contributed by atoms with Crippen LogP contribution in [0.4, 0.5) is 0 Å². The molecule has 0 aliphatic carbocycles. The predicted octanol–water partition coefficient (Wildman–Crippen LogP) is 0.615. The number of piperidine rings is 1. The SMILES string of the molecule is CNCc1cncn1CC(=O)N1CCCCC1. The van der Waals surface area contributed by atoms with E-state index >= 15 is 0 Å². The van der Waals surface area contributed by atoms with Gasteiger partial charge in [-0.25, -0.2) is 4.98 Å². The molecule has 0 atom stereocenters. The second-order valence-corrected chi connectivity index (χ2v) is 4.48. The maximum Gasteiger partial charge on any atom is 0.242 e. The Kier molecular flexibility index (Phi) is 4.14. The van der Waals surface area contributed by atoms with Gasteiger partial charge in [-0.2, -0.15) is 0 Å². The summed E-state index contributed by atoms with van der Waals surface area (Å²) in [6, 6.07) is 0. The van der Waals surface area contributed by atoms with E-state index in [0.29, 0.717) is 6.54 Å². The van der Waals surface area contributed by atoms with Crippen LogP contribution in [0, 0.1) is 0 Å². The highest BCUT2D eigenvalue weighted by Crippen LogP contribution is 2.10. The Morgan fingerprint density at radius 3 is 2.88 bits per heavy atom. The van der Waals surface area contributed by atoms with Gasteiger partial charge in [0.2, 0.25) is 5.91 Å². The van der Waals surface area contributed by atoms with Crippen LogP contribution in [0.25, 0.3) is 0 Å². The van der Waals surface area contributed by atoms with Gasteiger partial charge in [-0.1, -0.05) is 0 Å². The van der Waals surface area contributed by atoms with Gasteiger partial charge in [-0.15, -0.1) is 0 Å². The van der Waals surface area contributed by atoms with Crippen molar-refractivity contribution in [3.05, 3.63) is 18.2 Å². The Hall–Kier alpha value is -1.36. The summed E-state index contributed by atoms with van der Waals surface area (Å²) in [5.74, 6) is 0.208. The molecule has 0 spiro atoms. The third-order valence-electron chi connectivity index (χ3n) is 3.17. The first kappa shape index (κ1) is 12.1. The van der Waals surface area contributed by atoms with Gasteiger partial charge in [0.15, 0.2) is 0 Å². The van der Waals surface area contributed by atoms with E-state index in [4.69, 9.17) is 0 Å². The van der Waals surface area contributed by atoms with Gasteiger partial charge in [0.1, 0.15) is 6.54 Å². The van der Waals surface area contributed by atoms with Crippen molar-refractivity contribution in [1.29, 1.82) is 0 Å². The zero-order chi connectivity index (χ0) is 12.1. The fourth-order valence-electron chi connectivity index (χ4n) is 2.21. The Morgan fingerprint density at radius 2 is 2.18 bits per heavy atom. The first-order valence-corrected chi connectivity index (χ1v) is 6.22. The van der Waals surface area contributed by atoms with E-state index in [1.165, 1.54) is 6.42 Å². The summed E-state index contributed by atoms with van der Waals surface area (Å²) in [6.45, 7) is 2.98. The molecule has 1 aliphatic heterocycles. The average Bonchev–Trinajstić information content (AvgIpc) is 2.78. The van der Waals surface area contributed by atoms with Crippen LogP contribution >= 0.6 is 0 Å². The Balaban J connectivity index is 1.94. The summed E-state index contributed by atoms with van der Waals surface area (Å²) < 4.78 is 1.92. The number of rotatable bonds is 4. The Labute approximate surface area is 102 Å². The van der Waals surface area contributed by atoms with E-state index < -0.39 is 0 Å². The number of hydrogen-bond donors (Lipinski definition) is 1. The molecule has 2 rings (SSSR count). The number of likely N-dealkylation sites (tertiary alicyclic amines) is 1. The first-order chi connectivity index (χ1) is 8.31. The summed E-state index contributed by atoms with van der Waals surface area (Å²) in [6.07, 6.45) is 7.06. The minimum atomic E-state index is 0.208. The van der Waals surface area contributed by atoms with Gasteiger partial charge in [0.25, 0.3) is 0 Å². The normalized spacial score (nSPS) is 16.2. The third-order valence-corrected chi connectivity index (χ3v) is 3.17. The second-order valence-electron chi connectivity index (χ2n) is 4.48. The molecule has 1 N–H and O–H groups in total. The summed E-state index contributed by atoms with van der Waals surface area (Å²) in [7, 11) is 1.89. The van der Waals surface area contributed by atoms with E-state index in [0.717, 1.165) is 38.2 Å². The summed E-state index contributed by atoms with van der Waals surface area (Å²) in [5.41, 5.74) is 1.05. The van der Waals surface area contributed by atoms with Crippen molar-refractivity contribution in [1.82, 2.24) is 19.8 Å². The number of hydrogen-bond acceptors (Lipinski definition) is 3. The van der Waals surface area contributed by atoms with E-state index in [1.54, 1.807) is 12.5 Å². The summed E-state index contributed by atoms with van der Waals surface area (Å²) in [4.78, 5) is 18.1. The second kappa shape index (κ2) is 5.82. The van der Waals surface area contributed by atoms with Gasteiger partial charge in [-0.05, 0) is 26.3 Å². The van der Waals surface area contributed by atoms with Gasteiger partial charge in [0, 0.05) is 25.8 Å². The number of carbonyl (C=O) groups is 1. The van der Waals surface area contributed by atoms with Crippen molar-refractivity contribution >= 4 is 5.91 Å². The van der Waals surface area contributed by atoms with E-state index in [9.17, 15) is 4.79 Å². The van der Waals surface area contributed by atoms with Gasteiger partial charge in [-0.3, -0.25) is 4.79 Å². The molecule has 1 fully saturated rings. The van der Waals surface area contributed by atoms with Crippen LogP contribution in [0.2, 0.25) is 0 Å².